The van der Waals surface area contributed by atoms with Gasteiger partial charge < -0.3 is 9.84 Å². The minimum atomic E-state index is -0.813. The molecule has 1 saturated carbocycles. The SMILES string of the molecule is CCOc1cc(F)ccc1-c1cc(CC2(C(=O)O)CC2)nc(-c2ccc(Cl)cc2)n1. The molecule has 1 heterocycles. The normalized spacial score (nSPS) is 14.4. The van der Waals surface area contributed by atoms with E-state index in [1.807, 2.05) is 19.1 Å². The summed E-state index contributed by atoms with van der Waals surface area (Å²) in [5.74, 6) is -0.389. The Morgan fingerprint density at radius 2 is 1.90 bits per heavy atom. The average molecular weight is 427 g/mol. The molecule has 0 aliphatic heterocycles. The number of aromatic nitrogens is 2. The molecule has 1 fully saturated rings. The molecule has 3 aromatic rings. The van der Waals surface area contributed by atoms with E-state index in [0.29, 0.717) is 59.4 Å². The van der Waals surface area contributed by atoms with Crippen LogP contribution in [-0.4, -0.2) is 27.7 Å². The largest absolute Gasteiger partial charge is 0.493 e. The number of carbonyl (C=O) groups is 1. The first-order valence-electron chi connectivity index (χ1n) is 9.70. The first-order valence-corrected chi connectivity index (χ1v) is 10.1. The fourth-order valence-electron chi connectivity index (χ4n) is 3.40. The number of carboxylic acid groups (broad SMARTS) is 1. The number of hydrogen-bond acceptors (Lipinski definition) is 4. The predicted octanol–water partition coefficient (Wildman–Crippen LogP) is 5.41. The third-order valence-electron chi connectivity index (χ3n) is 5.23. The van der Waals surface area contributed by atoms with Crippen molar-refractivity contribution in [3.8, 4) is 28.4 Å². The van der Waals surface area contributed by atoms with Crippen LogP contribution in [-0.2, 0) is 11.2 Å². The standard InChI is InChI=1S/C23H20ClFN2O3/c1-2-30-20-11-16(25)7-8-18(20)19-12-17(13-23(9-10-23)22(28)29)26-21(27-19)14-3-5-15(24)6-4-14/h3-8,11-12H,2,9-10,13H2,1H3,(H,28,29). The van der Waals surface area contributed by atoms with Crippen LogP contribution in [0.2, 0.25) is 5.02 Å². The van der Waals surface area contributed by atoms with E-state index in [-0.39, 0.29) is 0 Å². The van der Waals surface area contributed by atoms with Gasteiger partial charge in [-0.2, -0.15) is 0 Å². The predicted molar refractivity (Wildman–Crippen MR) is 112 cm³/mol. The van der Waals surface area contributed by atoms with E-state index in [1.165, 1.54) is 12.1 Å². The highest BCUT2D eigenvalue weighted by Gasteiger charge is 2.50. The van der Waals surface area contributed by atoms with Gasteiger partial charge in [0.05, 0.1) is 17.7 Å². The van der Waals surface area contributed by atoms with Gasteiger partial charge in [-0.3, -0.25) is 4.79 Å². The van der Waals surface area contributed by atoms with E-state index in [9.17, 15) is 14.3 Å². The summed E-state index contributed by atoms with van der Waals surface area (Å²) in [5.41, 5.74) is 1.78. The van der Waals surface area contributed by atoms with Crippen LogP contribution >= 0.6 is 11.6 Å². The molecule has 30 heavy (non-hydrogen) atoms. The fourth-order valence-corrected chi connectivity index (χ4v) is 3.53. The highest BCUT2D eigenvalue weighted by molar-refractivity contribution is 6.30. The van der Waals surface area contributed by atoms with Crippen LogP contribution in [0.15, 0.2) is 48.5 Å². The number of ether oxygens (including phenoxy) is 1. The number of carboxylic acids is 1. The summed E-state index contributed by atoms with van der Waals surface area (Å²) in [6, 6.07) is 13.2. The van der Waals surface area contributed by atoms with Gasteiger partial charge in [-0.1, -0.05) is 11.6 Å². The smallest absolute Gasteiger partial charge is 0.310 e. The van der Waals surface area contributed by atoms with Gasteiger partial charge in [0.25, 0.3) is 0 Å². The van der Waals surface area contributed by atoms with Crippen molar-refractivity contribution >= 4 is 17.6 Å². The van der Waals surface area contributed by atoms with Gasteiger partial charge in [-0.05, 0) is 62.2 Å². The van der Waals surface area contributed by atoms with Crippen molar-refractivity contribution in [1.82, 2.24) is 9.97 Å². The Labute approximate surface area is 178 Å². The summed E-state index contributed by atoms with van der Waals surface area (Å²) in [6.45, 7) is 2.20. The molecule has 0 bridgehead atoms. The van der Waals surface area contributed by atoms with E-state index in [1.54, 1.807) is 24.3 Å². The Hall–Kier alpha value is -2.99. The van der Waals surface area contributed by atoms with Crippen molar-refractivity contribution in [3.63, 3.8) is 0 Å². The number of aliphatic carboxylic acids is 1. The number of halogens is 2. The third-order valence-corrected chi connectivity index (χ3v) is 5.48. The van der Waals surface area contributed by atoms with E-state index >= 15 is 0 Å². The number of nitrogens with zero attached hydrogens (tertiary/aromatic N) is 2. The lowest BCUT2D eigenvalue weighted by Gasteiger charge is -2.14. The summed E-state index contributed by atoms with van der Waals surface area (Å²) >= 11 is 6.00. The first-order chi connectivity index (χ1) is 14.4. The van der Waals surface area contributed by atoms with Crippen molar-refractivity contribution in [1.29, 1.82) is 0 Å². The first kappa shape index (κ1) is 20.3. The molecule has 0 saturated heterocycles. The van der Waals surface area contributed by atoms with Crippen LogP contribution < -0.4 is 4.74 Å². The van der Waals surface area contributed by atoms with Crippen molar-refractivity contribution in [2.45, 2.75) is 26.2 Å². The molecule has 0 amide bonds. The summed E-state index contributed by atoms with van der Waals surface area (Å²) in [5, 5.41) is 10.2. The summed E-state index contributed by atoms with van der Waals surface area (Å²) in [4.78, 5) is 21.0. The highest BCUT2D eigenvalue weighted by atomic mass is 35.5. The van der Waals surface area contributed by atoms with Crippen molar-refractivity contribution < 1.29 is 19.0 Å². The van der Waals surface area contributed by atoms with Gasteiger partial charge in [0.1, 0.15) is 11.6 Å². The average Bonchev–Trinajstić information content (AvgIpc) is 3.49. The lowest BCUT2D eigenvalue weighted by molar-refractivity contribution is -0.143. The van der Waals surface area contributed by atoms with Gasteiger partial charge in [0.15, 0.2) is 5.82 Å². The zero-order valence-electron chi connectivity index (χ0n) is 16.4. The van der Waals surface area contributed by atoms with Crippen molar-refractivity contribution in [2.24, 2.45) is 5.41 Å². The molecule has 0 atom stereocenters. The van der Waals surface area contributed by atoms with E-state index < -0.39 is 17.2 Å². The minimum absolute atomic E-state index is 0.309. The third kappa shape index (κ3) is 4.14. The molecule has 7 heteroatoms. The Balaban J connectivity index is 1.84. The molecular formula is C23H20ClFN2O3. The zero-order valence-corrected chi connectivity index (χ0v) is 17.1. The lowest BCUT2D eigenvalue weighted by Crippen LogP contribution is -2.18. The molecule has 1 aliphatic carbocycles. The molecule has 0 unspecified atom stereocenters. The molecule has 2 aromatic carbocycles. The maximum absolute atomic E-state index is 13.8. The number of hydrogen-bond donors (Lipinski definition) is 1. The zero-order chi connectivity index (χ0) is 21.3. The minimum Gasteiger partial charge on any atom is -0.493 e. The Morgan fingerprint density at radius 3 is 2.53 bits per heavy atom. The molecule has 154 valence electrons. The molecule has 0 spiro atoms. The molecule has 5 nitrogen and oxygen atoms in total. The second-order valence-corrected chi connectivity index (χ2v) is 7.85. The van der Waals surface area contributed by atoms with E-state index in [2.05, 4.69) is 9.97 Å². The second kappa shape index (κ2) is 8.03. The van der Waals surface area contributed by atoms with Crippen LogP contribution in [0.3, 0.4) is 0 Å². The van der Waals surface area contributed by atoms with E-state index in [0.717, 1.165) is 5.56 Å². The van der Waals surface area contributed by atoms with Crippen LogP contribution in [0.4, 0.5) is 4.39 Å². The van der Waals surface area contributed by atoms with E-state index in [4.69, 9.17) is 16.3 Å². The van der Waals surface area contributed by atoms with Crippen molar-refractivity contribution in [3.05, 3.63) is 65.1 Å². The van der Waals surface area contributed by atoms with Crippen LogP contribution in [0, 0.1) is 11.2 Å². The number of rotatable bonds is 7. The van der Waals surface area contributed by atoms with Crippen LogP contribution in [0.1, 0.15) is 25.5 Å². The molecule has 0 radical (unpaired) electrons. The van der Waals surface area contributed by atoms with Gasteiger partial charge >= 0.3 is 5.97 Å². The summed E-state index contributed by atoms with van der Waals surface area (Å²) in [6.07, 6.45) is 1.56. The van der Waals surface area contributed by atoms with Crippen molar-refractivity contribution in [2.75, 3.05) is 6.61 Å². The molecule has 4 rings (SSSR count). The maximum atomic E-state index is 13.8. The maximum Gasteiger partial charge on any atom is 0.310 e. The van der Waals surface area contributed by atoms with Gasteiger partial charge in [0, 0.05) is 34.3 Å². The van der Waals surface area contributed by atoms with Gasteiger partial charge in [0.2, 0.25) is 0 Å². The van der Waals surface area contributed by atoms with Crippen LogP contribution in [0.5, 0.6) is 5.75 Å². The monoisotopic (exact) mass is 426 g/mol. The Bertz CT molecular complexity index is 1100. The quantitative estimate of drug-likeness (QED) is 0.547. The Kier molecular flexibility index (Phi) is 5.43. The molecular weight excluding hydrogens is 407 g/mol. The second-order valence-electron chi connectivity index (χ2n) is 7.41. The number of benzene rings is 2. The lowest BCUT2D eigenvalue weighted by atomic mass is 9.99. The highest BCUT2D eigenvalue weighted by Crippen LogP contribution is 2.48. The molecule has 1 aromatic heterocycles. The topological polar surface area (TPSA) is 72.3 Å². The Morgan fingerprint density at radius 1 is 1.17 bits per heavy atom. The molecule has 1 aliphatic rings. The van der Waals surface area contributed by atoms with Crippen LogP contribution in [0.25, 0.3) is 22.6 Å². The van der Waals surface area contributed by atoms with Gasteiger partial charge in [-0.15, -0.1) is 0 Å². The fraction of sp³-hybridized carbons (Fsp3) is 0.261. The molecule has 1 N–H and O–H groups in total. The van der Waals surface area contributed by atoms with Gasteiger partial charge in [-0.25, -0.2) is 14.4 Å². The summed E-state index contributed by atoms with van der Waals surface area (Å²) < 4.78 is 19.4. The summed E-state index contributed by atoms with van der Waals surface area (Å²) in [7, 11) is 0.